The van der Waals surface area contributed by atoms with Crippen molar-refractivity contribution < 1.29 is 4.79 Å². The number of hydrogen-bond acceptors (Lipinski definition) is 1. The summed E-state index contributed by atoms with van der Waals surface area (Å²) in [5.74, 6) is -0.110. The Bertz CT molecular complexity index is 270. The van der Waals surface area contributed by atoms with Crippen LogP contribution in [0.1, 0.15) is 32.6 Å². The molecule has 0 aliphatic heterocycles. The molecule has 0 unspecified atom stereocenters. The molecular weight excluding hydrogens is 176 g/mol. The molecule has 1 aliphatic carbocycles. The third-order valence-corrected chi connectivity index (χ3v) is 2.86. The Morgan fingerprint density at radius 2 is 2.21 bits per heavy atom. The van der Waals surface area contributed by atoms with Crippen molar-refractivity contribution in [2.75, 3.05) is 0 Å². The fourth-order valence-corrected chi connectivity index (χ4v) is 1.76. The Kier molecular flexibility index (Phi) is 3.29. The summed E-state index contributed by atoms with van der Waals surface area (Å²) in [6.45, 7) is 12.5. The van der Waals surface area contributed by atoms with Gasteiger partial charge in [0.1, 0.15) is 0 Å². The fourth-order valence-electron chi connectivity index (χ4n) is 1.76. The zero-order valence-electron chi connectivity index (χ0n) is 8.55. The van der Waals surface area contributed by atoms with E-state index >= 15 is 0 Å². The first kappa shape index (κ1) is 10.8. The Morgan fingerprint density at radius 3 is 2.64 bits per heavy atom. The van der Waals surface area contributed by atoms with Crippen LogP contribution in [-0.2, 0) is 4.79 Å². The summed E-state index contributed by atoms with van der Waals surface area (Å²) < 4.78 is 0. The highest BCUT2D eigenvalue weighted by Gasteiger charge is 2.36. The quantitative estimate of drug-likeness (QED) is 0.526. The van der Waals surface area contributed by atoms with E-state index in [1.165, 1.54) is 6.08 Å². The maximum absolute atomic E-state index is 11.0. The van der Waals surface area contributed by atoms with Crippen LogP contribution in [0.15, 0.2) is 12.7 Å². The van der Waals surface area contributed by atoms with E-state index in [0.717, 1.165) is 25.7 Å². The summed E-state index contributed by atoms with van der Waals surface area (Å²) in [6.07, 6.45) is 4.84. The summed E-state index contributed by atoms with van der Waals surface area (Å²) in [5, 5.41) is 2.87. The molecule has 76 valence electrons. The van der Waals surface area contributed by atoms with Gasteiger partial charge in [-0.25, -0.2) is 6.57 Å². The zero-order valence-corrected chi connectivity index (χ0v) is 8.55. The molecule has 0 aromatic rings. The van der Waals surface area contributed by atoms with Gasteiger partial charge in [0.2, 0.25) is 11.4 Å². The molecule has 0 heterocycles. The van der Waals surface area contributed by atoms with Gasteiger partial charge in [0.15, 0.2) is 0 Å². The Morgan fingerprint density at radius 1 is 1.64 bits per heavy atom. The number of nitrogens with zero attached hydrogens (tertiary/aromatic N) is 1. The van der Waals surface area contributed by atoms with Crippen molar-refractivity contribution in [3.8, 4) is 0 Å². The van der Waals surface area contributed by atoms with Gasteiger partial charge < -0.3 is 10.2 Å². The minimum absolute atomic E-state index is 0.110. The topological polar surface area (TPSA) is 33.5 Å². The molecule has 3 nitrogen and oxygen atoms in total. The Balaban J connectivity index is 2.40. The van der Waals surface area contributed by atoms with Gasteiger partial charge in [-0.2, -0.15) is 0 Å². The lowest BCUT2D eigenvalue weighted by Gasteiger charge is -2.28. The van der Waals surface area contributed by atoms with Crippen molar-refractivity contribution in [1.29, 1.82) is 0 Å². The third kappa shape index (κ3) is 2.59. The highest BCUT2D eigenvalue weighted by molar-refractivity contribution is 5.87. The van der Waals surface area contributed by atoms with Crippen molar-refractivity contribution in [1.82, 2.24) is 5.32 Å². The second kappa shape index (κ2) is 4.28. The molecule has 0 aromatic carbocycles. The number of rotatable bonds is 2. The molecule has 1 amide bonds. The molecule has 0 atom stereocenters. The number of carbonyl (C=O) groups is 1. The molecule has 14 heavy (non-hydrogen) atoms. The van der Waals surface area contributed by atoms with Crippen LogP contribution in [0.2, 0.25) is 0 Å². The van der Waals surface area contributed by atoms with E-state index in [0.29, 0.717) is 0 Å². The lowest BCUT2D eigenvalue weighted by atomic mass is 9.81. The zero-order chi connectivity index (χ0) is 10.6. The highest BCUT2D eigenvalue weighted by atomic mass is 16.1. The van der Waals surface area contributed by atoms with Gasteiger partial charge in [-0.1, -0.05) is 6.58 Å². The second-order valence-electron chi connectivity index (χ2n) is 4.10. The molecule has 0 saturated heterocycles. The number of carbonyl (C=O) groups excluding carboxylic acids is 1. The van der Waals surface area contributed by atoms with E-state index < -0.39 is 0 Å². The summed E-state index contributed by atoms with van der Waals surface area (Å²) in [6, 6.07) is 0.232. The van der Waals surface area contributed by atoms with Crippen LogP contribution in [0.4, 0.5) is 0 Å². The van der Waals surface area contributed by atoms with Crippen molar-refractivity contribution in [2.45, 2.75) is 44.2 Å². The summed E-state index contributed by atoms with van der Waals surface area (Å²) in [4.78, 5) is 14.7. The number of hydrogen-bond donors (Lipinski definition) is 1. The van der Waals surface area contributed by atoms with Gasteiger partial charge in [0.25, 0.3) is 0 Å². The average Bonchev–Trinajstić information content (AvgIpc) is 2.21. The summed E-state index contributed by atoms with van der Waals surface area (Å²) in [5.41, 5.74) is -0.199. The fraction of sp³-hybridized carbons (Fsp3) is 0.636. The van der Waals surface area contributed by atoms with Gasteiger partial charge in [-0.05, 0) is 18.9 Å². The first-order chi connectivity index (χ1) is 6.59. The lowest BCUT2D eigenvalue weighted by molar-refractivity contribution is -0.117. The standard InChI is InChI=1S/C11H16N2O/c1-4-10(14)13-9-5-7-11(2,12-3)8-6-9/h4,9H,1,5-8H2,2H3,(H,13,14). The molecule has 1 saturated carbocycles. The van der Waals surface area contributed by atoms with Crippen LogP contribution in [0.25, 0.3) is 4.85 Å². The molecule has 0 radical (unpaired) electrons. The first-order valence-electron chi connectivity index (χ1n) is 4.91. The second-order valence-corrected chi connectivity index (χ2v) is 4.10. The maximum Gasteiger partial charge on any atom is 0.243 e. The molecule has 1 fully saturated rings. The average molecular weight is 192 g/mol. The van der Waals surface area contributed by atoms with Crippen molar-refractivity contribution in [3.63, 3.8) is 0 Å². The van der Waals surface area contributed by atoms with Gasteiger partial charge in [-0.15, -0.1) is 0 Å². The van der Waals surface area contributed by atoms with Crippen molar-refractivity contribution in [3.05, 3.63) is 24.1 Å². The van der Waals surface area contributed by atoms with E-state index in [1.807, 2.05) is 6.92 Å². The third-order valence-electron chi connectivity index (χ3n) is 2.86. The summed E-state index contributed by atoms with van der Waals surface area (Å²) >= 11 is 0. The lowest BCUT2D eigenvalue weighted by Crippen LogP contribution is -2.40. The van der Waals surface area contributed by atoms with Gasteiger partial charge in [0.05, 0.1) is 0 Å². The normalized spacial score (nSPS) is 31.6. The number of amides is 1. The number of nitrogens with one attached hydrogen (secondary N) is 1. The minimum Gasteiger partial charge on any atom is -0.350 e. The molecule has 1 aliphatic rings. The molecule has 3 heteroatoms. The molecule has 0 aromatic heterocycles. The van der Waals surface area contributed by atoms with E-state index in [4.69, 9.17) is 6.57 Å². The van der Waals surface area contributed by atoms with E-state index in [9.17, 15) is 4.79 Å². The van der Waals surface area contributed by atoms with Crippen LogP contribution in [0.5, 0.6) is 0 Å². The van der Waals surface area contributed by atoms with Gasteiger partial charge in [0, 0.05) is 25.8 Å². The predicted octanol–water partition coefficient (Wildman–Crippen LogP) is 1.91. The van der Waals surface area contributed by atoms with Crippen LogP contribution in [-0.4, -0.2) is 17.5 Å². The van der Waals surface area contributed by atoms with Gasteiger partial charge >= 0.3 is 0 Å². The van der Waals surface area contributed by atoms with E-state index in [-0.39, 0.29) is 17.5 Å². The van der Waals surface area contributed by atoms with E-state index in [1.54, 1.807) is 0 Å². The smallest absolute Gasteiger partial charge is 0.243 e. The highest BCUT2D eigenvalue weighted by Crippen LogP contribution is 2.31. The monoisotopic (exact) mass is 192 g/mol. The van der Waals surface area contributed by atoms with Crippen molar-refractivity contribution >= 4 is 5.91 Å². The summed E-state index contributed by atoms with van der Waals surface area (Å²) in [7, 11) is 0. The van der Waals surface area contributed by atoms with Crippen LogP contribution in [0, 0.1) is 6.57 Å². The predicted molar refractivity (Wildman–Crippen MR) is 55.6 cm³/mol. The Hall–Kier alpha value is -1.30. The Labute approximate surface area is 85.0 Å². The first-order valence-corrected chi connectivity index (χ1v) is 4.91. The maximum atomic E-state index is 11.0. The van der Waals surface area contributed by atoms with Crippen LogP contribution in [0.3, 0.4) is 0 Å². The van der Waals surface area contributed by atoms with Crippen LogP contribution >= 0.6 is 0 Å². The molecule has 0 bridgehead atoms. The SMILES string of the molecule is [C-]#[N+]C1(C)CCC(NC(=O)C=C)CC1. The molecule has 0 spiro atoms. The minimum atomic E-state index is -0.199. The van der Waals surface area contributed by atoms with Gasteiger partial charge in [-0.3, -0.25) is 4.79 Å². The van der Waals surface area contributed by atoms with Crippen LogP contribution < -0.4 is 5.32 Å². The van der Waals surface area contributed by atoms with Crippen molar-refractivity contribution in [2.24, 2.45) is 0 Å². The van der Waals surface area contributed by atoms with E-state index in [2.05, 4.69) is 16.7 Å². The molecule has 1 N–H and O–H groups in total. The largest absolute Gasteiger partial charge is 0.350 e. The molecular formula is C11H16N2O. The molecule has 1 rings (SSSR count).